The Morgan fingerprint density at radius 3 is 2.00 bits per heavy atom. The predicted molar refractivity (Wildman–Crippen MR) is 28.3 cm³/mol. The van der Waals surface area contributed by atoms with Crippen molar-refractivity contribution in [3.05, 3.63) is 16.7 Å². The lowest BCUT2D eigenvalue weighted by Gasteiger charge is -1.85. The quantitative estimate of drug-likeness (QED) is 0.570. The van der Waals surface area contributed by atoms with Gasteiger partial charge < -0.3 is 0 Å². The Morgan fingerprint density at radius 1 is 1.83 bits per heavy atom. The highest BCUT2D eigenvalue weighted by Crippen LogP contribution is 2.22. The second-order valence-electron chi connectivity index (χ2n) is 0.665. The first-order valence-electron chi connectivity index (χ1n) is 1.17. The minimum absolute atomic E-state index is 0.0872. The maximum atomic E-state index is 11.4. The van der Waals surface area contributed by atoms with Gasteiger partial charge in [0.25, 0.3) is 5.63 Å². The van der Waals surface area contributed by atoms with E-state index in [9.17, 15) is 4.39 Å². The van der Waals surface area contributed by atoms with Gasteiger partial charge in [-0.15, -0.1) is 0 Å². The standard InChI is InChI=1S/C3H2BrClF/c1-2(4)3(5)6/h1H2. The lowest BCUT2D eigenvalue weighted by molar-refractivity contribution is 0.620. The van der Waals surface area contributed by atoms with Crippen LogP contribution in [0.5, 0.6) is 0 Å². The Labute approximate surface area is 49.1 Å². The third-order valence-electron chi connectivity index (χ3n) is 0.205. The monoisotopic (exact) mass is 171 g/mol. The molecule has 0 unspecified atom stereocenters. The van der Waals surface area contributed by atoms with E-state index in [1.165, 1.54) is 0 Å². The lowest BCUT2D eigenvalue weighted by atomic mass is 10.7. The molecule has 6 heavy (non-hydrogen) atoms. The van der Waals surface area contributed by atoms with E-state index in [2.05, 4.69) is 22.5 Å². The third kappa shape index (κ3) is 2.67. The molecule has 0 atom stereocenters. The molecule has 0 aliphatic rings. The van der Waals surface area contributed by atoms with Crippen LogP contribution in [0.4, 0.5) is 4.39 Å². The molecule has 0 aliphatic heterocycles. The van der Waals surface area contributed by atoms with Gasteiger partial charge in [-0.25, -0.2) is 4.39 Å². The molecular weight excluding hydrogens is 170 g/mol. The summed E-state index contributed by atoms with van der Waals surface area (Å²) in [4.78, 5) is 0. The Kier molecular flexibility index (Phi) is 2.78. The van der Waals surface area contributed by atoms with Crippen molar-refractivity contribution >= 4 is 27.5 Å². The summed E-state index contributed by atoms with van der Waals surface area (Å²) in [5.74, 6) is 0. The zero-order valence-corrected chi connectivity index (χ0v) is 5.18. The summed E-state index contributed by atoms with van der Waals surface area (Å²) in [7, 11) is 0. The van der Waals surface area contributed by atoms with Crippen LogP contribution >= 0.6 is 27.5 Å². The van der Waals surface area contributed by atoms with Gasteiger partial charge in [-0.2, -0.15) is 0 Å². The van der Waals surface area contributed by atoms with Crippen molar-refractivity contribution in [2.45, 2.75) is 0 Å². The average Bonchev–Trinajstić information content (AvgIpc) is 1.36. The first-order chi connectivity index (χ1) is 2.64. The summed E-state index contributed by atoms with van der Waals surface area (Å²) in [6, 6.07) is 0. The summed E-state index contributed by atoms with van der Waals surface area (Å²) in [5.41, 5.74) is -0.796. The van der Waals surface area contributed by atoms with Crippen LogP contribution in [0.3, 0.4) is 0 Å². The smallest absolute Gasteiger partial charge is 0.215 e. The first-order valence-corrected chi connectivity index (χ1v) is 2.34. The molecule has 0 heterocycles. The fourth-order valence-electron chi connectivity index (χ4n) is 0. The zero-order chi connectivity index (χ0) is 5.15. The highest BCUT2D eigenvalue weighted by molar-refractivity contribution is 9.11. The normalized spacial score (nSPS) is 9.33. The molecule has 0 aromatic carbocycles. The van der Waals surface area contributed by atoms with Crippen LogP contribution in [0.25, 0.3) is 0 Å². The summed E-state index contributed by atoms with van der Waals surface area (Å²) in [6.45, 7) is 3.13. The fraction of sp³-hybridized carbons (Fsp3) is 0. The highest BCUT2D eigenvalue weighted by atomic mass is 79.9. The van der Waals surface area contributed by atoms with Crippen molar-refractivity contribution in [3.63, 3.8) is 0 Å². The Morgan fingerprint density at radius 2 is 2.00 bits per heavy atom. The van der Waals surface area contributed by atoms with Gasteiger partial charge in [-0.3, -0.25) is 0 Å². The summed E-state index contributed by atoms with van der Waals surface area (Å²) in [6.07, 6.45) is 0. The van der Waals surface area contributed by atoms with Gasteiger partial charge >= 0.3 is 0 Å². The van der Waals surface area contributed by atoms with Crippen LogP contribution in [-0.4, -0.2) is 0 Å². The van der Waals surface area contributed by atoms with Gasteiger partial charge in [0.1, 0.15) is 0 Å². The minimum atomic E-state index is -0.796. The van der Waals surface area contributed by atoms with Gasteiger partial charge in [-0.05, 0) is 0 Å². The molecule has 0 amide bonds. The van der Waals surface area contributed by atoms with Crippen molar-refractivity contribution in [2.75, 3.05) is 0 Å². The predicted octanol–water partition coefficient (Wildman–Crippen LogP) is 2.59. The van der Waals surface area contributed by atoms with Crippen molar-refractivity contribution in [3.8, 4) is 0 Å². The Balaban J connectivity index is 3.26. The molecule has 0 aliphatic carbocycles. The van der Waals surface area contributed by atoms with Crippen molar-refractivity contribution < 1.29 is 4.39 Å². The molecule has 0 spiro atoms. The van der Waals surface area contributed by atoms with Crippen LogP contribution in [0.2, 0.25) is 0 Å². The maximum Gasteiger partial charge on any atom is 0.267 e. The van der Waals surface area contributed by atoms with E-state index in [1.807, 2.05) is 0 Å². The zero-order valence-electron chi connectivity index (χ0n) is 2.84. The summed E-state index contributed by atoms with van der Waals surface area (Å²) in [5, 5.41) is 0. The lowest BCUT2D eigenvalue weighted by Crippen LogP contribution is -1.68. The van der Waals surface area contributed by atoms with Crippen LogP contribution in [0, 0.1) is 5.63 Å². The van der Waals surface area contributed by atoms with Crippen molar-refractivity contribution in [1.29, 1.82) is 0 Å². The maximum absolute atomic E-state index is 11.4. The number of hydrogen-bond acceptors (Lipinski definition) is 0. The van der Waals surface area contributed by atoms with Gasteiger partial charge in [0.05, 0.1) is 0 Å². The van der Waals surface area contributed by atoms with Crippen molar-refractivity contribution in [2.24, 2.45) is 0 Å². The highest BCUT2D eigenvalue weighted by Gasteiger charge is 2.01. The van der Waals surface area contributed by atoms with Crippen molar-refractivity contribution in [1.82, 2.24) is 0 Å². The Hall–Kier alpha value is 0.440. The molecule has 0 N–H and O–H groups in total. The molecule has 0 saturated heterocycles. The summed E-state index contributed by atoms with van der Waals surface area (Å²) >= 11 is 7.42. The van der Waals surface area contributed by atoms with E-state index >= 15 is 0 Å². The topological polar surface area (TPSA) is 0 Å². The van der Waals surface area contributed by atoms with E-state index in [4.69, 9.17) is 11.6 Å². The molecule has 0 nitrogen and oxygen atoms in total. The van der Waals surface area contributed by atoms with Gasteiger partial charge in [0, 0.05) is 4.48 Å². The SMILES string of the molecule is C=C(Br)[C](F)Cl. The van der Waals surface area contributed by atoms with Gasteiger partial charge in [-0.1, -0.05) is 34.1 Å². The van der Waals surface area contributed by atoms with E-state index < -0.39 is 5.63 Å². The van der Waals surface area contributed by atoms with Crippen LogP contribution < -0.4 is 0 Å². The van der Waals surface area contributed by atoms with Crippen LogP contribution in [0.1, 0.15) is 0 Å². The molecule has 3 heteroatoms. The minimum Gasteiger partial charge on any atom is -0.215 e. The van der Waals surface area contributed by atoms with Gasteiger partial charge in [0.2, 0.25) is 0 Å². The van der Waals surface area contributed by atoms with E-state index in [0.29, 0.717) is 0 Å². The number of halogens is 3. The molecule has 0 aromatic heterocycles. The average molecular weight is 172 g/mol. The molecule has 0 bridgehead atoms. The first kappa shape index (κ1) is 6.44. The molecule has 0 saturated carbocycles. The van der Waals surface area contributed by atoms with Gasteiger partial charge in [0.15, 0.2) is 0 Å². The third-order valence-corrected chi connectivity index (χ3v) is 1.01. The largest absolute Gasteiger partial charge is 0.267 e. The van der Waals surface area contributed by atoms with E-state index in [0.717, 1.165) is 0 Å². The van der Waals surface area contributed by atoms with E-state index in [1.54, 1.807) is 0 Å². The Bertz CT molecular complexity index is 61.8. The second kappa shape index (κ2) is 2.59. The van der Waals surface area contributed by atoms with Crippen LogP contribution in [-0.2, 0) is 0 Å². The number of hydrogen-bond donors (Lipinski definition) is 0. The number of rotatable bonds is 1. The van der Waals surface area contributed by atoms with Crippen LogP contribution in [0.15, 0.2) is 11.1 Å². The molecule has 35 valence electrons. The van der Waals surface area contributed by atoms with E-state index in [-0.39, 0.29) is 4.48 Å². The molecule has 1 radical (unpaired) electrons. The number of allylic oxidation sites excluding steroid dienone is 1. The molecular formula is C3H2BrClF. The summed E-state index contributed by atoms with van der Waals surface area (Å²) < 4.78 is 11.4. The second-order valence-corrected chi connectivity index (χ2v) is 1.95. The molecule has 0 rings (SSSR count). The molecule has 0 fully saturated rings. The fourth-order valence-corrected chi connectivity index (χ4v) is 0. The molecule has 0 aromatic rings.